The van der Waals surface area contributed by atoms with Crippen LogP contribution in [0, 0.1) is 5.92 Å². The van der Waals surface area contributed by atoms with E-state index >= 15 is 0 Å². The van der Waals surface area contributed by atoms with Crippen molar-refractivity contribution >= 4 is 44.8 Å². The highest BCUT2D eigenvalue weighted by molar-refractivity contribution is 9.10. The van der Waals surface area contributed by atoms with Crippen LogP contribution in [0.1, 0.15) is 10.4 Å². The predicted molar refractivity (Wildman–Crippen MR) is 82.0 cm³/mol. The first-order chi connectivity index (χ1) is 9.08. The highest BCUT2D eigenvalue weighted by atomic mass is 79.9. The number of halogens is 2. The molecule has 2 nitrogen and oxygen atoms in total. The molecule has 0 aliphatic carbocycles. The zero-order valence-corrected chi connectivity index (χ0v) is 13.1. The second-order valence-electron chi connectivity index (χ2n) is 4.23. The summed E-state index contributed by atoms with van der Waals surface area (Å²) in [5, 5.41) is 11.9. The van der Waals surface area contributed by atoms with Crippen molar-refractivity contribution in [3.05, 3.63) is 55.6 Å². The number of hydrogen-bond acceptors (Lipinski definition) is 2. The van der Waals surface area contributed by atoms with Crippen LogP contribution in [0.25, 0.3) is 0 Å². The van der Waals surface area contributed by atoms with Gasteiger partial charge in [0.05, 0.1) is 5.92 Å². The lowest BCUT2D eigenvalue weighted by molar-refractivity contribution is -0.141. The molecule has 1 atom stereocenters. The van der Waals surface area contributed by atoms with Gasteiger partial charge in [0.25, 0.3) is 0 Å². The van der Waals surface area contributed by atoms with Crippen LogP contribution in [-0.2, 0) is 17.6 Å². The van der Waals surface area contributed by atoms with Gasteiger partial charge in [0.1, 0.15) is 0 Å². The van der Waals surface area contributed by atoms with Gasteiger partial charge < -0.3 is 5.11 Å². The van der Waals surface area contributed by atoms with Gasteiger partial charge in [-0.25, -0.2) is 0 Å². The molecular weight excluding hydrogens is 348 g/mol. The summed E-state index contributed by atoms with van der Waals surface area (Å²) < 4.78 is 0.975. The molecule has 1 unspecified atom stereocenters. The minimum atomic E-state index is -0.791. The fourth-order valence-electron chi connectivity index (χ4n) is 1.87. The van der Waals surface area contributed by atoms with Gasteiger partial charge in [-0.3, -0.25) is 4.79 Å². The number of thiophene rings is 1. The zero-order valence-electron chi connectivity index (χ0n) is 9.98. The summed E-state index contributed by atoms with van der Waals surface area (Å²) in [5.41, 5.74) is 0.879. The smallest absolute Gasteiger partial charge is 0.307 e. The third-order valence-corrected chi connectivity index (χ3v) is 5.21. The Morgan fingerprint density at radius 1 is 1.32 bits per heavy atom. The van der Waals surface area contributed by atoms with Crippen molar-refractivity contribution in [2.24, 2.45) is 5.92 Å². The molecule has 5 heteroatoms. The fourth-order valence-corrected chi connectivity index (χ4v) is 3.68. The Morgan fingerprint density at radius 2 is 2.05 bits per heavy atom. The van der Waals surface area contributed by atoms with Crippen LogP contribution in [0.15, 0.2) is 40.2 Å². The summed E-state index contributed by atoms with van der Waals surface area (Å²) in [6, 6.07) is 9.33. The quantitative estimate of drug-likeness (QED) is 0.843. The Labute approximate surface area is 129 Å². The lowest BCUT2D eigenvalue weighted by atomic mass is 9.95. The average molecular weight is 360 g/mol. The molecule has 0 fully saturated rings. The van der Waals surface area contributed by atoms with E-state index in [0.29, 0.717) is 17.9 Å². The van der Waals surface area contributed by atoms with Crippen LogP contribution in [0.3, 0.4) is 0 Å². The van der Waals surface area contributed by atoms with Crippen molar-refractivity contribution in [3.63, 3.8) is 0 Å². The number of benzene rings is 1. The first-order valence-corrected chi connectivity index (χ1v) is 7.81. The third-order valence-electron chi connectivity index (χ3n) is 2.90. The van der Waals surface area contributed by atoms with Gasteiger partial charge in [-0.2, -0.15) is 0 Å². The van der Waals surface area contributed by atoms with E-state index in [1.807, 2.05) is 29.6 Å². The van der Waals surface area contributed by atoms with Crippen LogP contribution in [0.4, 0.5) is 0 Å². The molecule has 0 saturated heterocycles. The Hall–Kier alpha value is -0.840. The van der Waals surface area contributed by atoms with Crippen LogP contribution >= 0.6 is 38.9 Å². The second-order valence-corrected chi connectivity index (χ2v) is 6.49. The van der Waals surface area contributed by atoms with E-state index in [9.17, 15) is 9.90 Å². The molecule has 0 aliphatic heterocycles. The van der Waals surface area contributed by atoms with Crippen molar-refractivity contribution in [1.82, 2.24) is 0 Å². The number of carbonyl (C=O) groups is 1. The predicted octanol–water partition coefficient (Wildman–Crippen LogP) is 4.65. The molecule has 0 saturated carbocycles. The molecule has 100 valence electrons. The number of carboxylic acids is 1. The molecular formula is C14H12BrClO2S. The largest absolute Gasteiger partial charge is 0.481 e. The van der Waals surface area contributed by atoms with E-state index in [4.69, 9.17) is 11.6 Å². The normalized spacial score (nSPS) is 12.3. The molecule has 0 bridgehead atoms. The molecule has 2 aromatic rings. The minimum Gasteiger partial charge on any atom is -0.481 e. The molecule has 19 heavy (non-hydrogen) atoms. The molecule has 0 aliphatic rings. The second kappa shape index (κ2) is 6.55. The van der Waals surface area contributed by atoms with Crippen molar-refractivity contribution < 1.29 is 9.90 Å². The van der Waals surface area contributed by atoms with Gasteiger partial charge >= 0.3 is 5.97 Å². The van der Waals surface area contributed by atoms with E-state index < -0.39 is 11.9 Å². The monoisotopic (exact) mass is 358 g/mol. The number of carboxylic acid groups (broad SMARTS) is 1. The summed E-state index contributed by atoms with van der Waals surface area (Å²) in [4.78, 5) is 12.5. The maximum absolute atomic E-state index is 11.4. The lowest BCUT2D eigenvalue weighted by Crippen LogP contribution is -2.19. The molecule has 1 aromatic heterocycles. The average Bonchev–Trinajstić information content (AvgIpc) is 2.76. The van der Waals surface area contributed by atoms with E-state index in [1.165, 1.54) is 0 Å². The summed E-state index contributed by atoms with van der Waals surface area (Å²) in [7, 11) is 0. The lowest BCUT2D eigenvalue weighted by Gasteiger charge is -2.12. The number of hydrogen-bond donors (Lipinski definition) is 1. The Morgan fingerprint density at radius 3 is 2.63 bits per heavy atom. The van der Waals surface area contributed by atoms with E-state index in [-0.39, 0.29) is 0 Å². The Bertz CT molecular complexity index is 582. The summed E-state index contributed by atoms with van der Waals surface area (Å²) in [6.07, 6.45) is 0.957. The maximum Gasteiger partial charge on any atom is 0.307 e. The molecule has 0 radical (unpaired) electrons. The summed E-state index contributed by atoms with van der Waals surface area (Å²) >= 11 is 11.1. The van der Waals surface area contributed by atoms with Crippen LogP contribution in [-0.4, -0.2) is 11.1 Å². The summed E-state index contributed by atoms with van der Waals surface area (Å²) in [6.45, 7) is 0. The first-order valence-electron chi connectivity index (χ1n) is 5.76. The molecule has 1 aromatic carbocycles. The standard InChI is InChI=1S/C14H12BrClO2S/c15-11-5-6-19-13(11)8-10(14(17)18)7-9-3-1-2-4-12(9)16/h1-6,10H,7-8H2,(H,17,18). The van der Waals surface area contributed by atoms with Gasteiger partial charge in [0, 0.05) is 14.4 Å². The van der Waals surface area contributed by atoms with Gasteiger partial charge in [0.2, 0.25) is 0 Å². The van der Waals surface area contributed by atoms with Crippen molar-refractivity contribution in [1.29, 1.82) is 0 Å². The zero-order chi connectivity index (χ0) is 13.8. The molecule has 0 amide bonds. The summed E-state index contributed by atoms with van der Waals surface area (Å²) in [5.74, 6) is -1.25. The van der Waals surface area contributed by atoms with Gasteiger partial charge in [0.15, 0.2) is 0 Å². The van der Waals surface area contributed by atoms with Crippen molar-refractivity contribution in [2.45, 2.75) is 12.8 Å². The highest BCUT2D eigenvalue weighted by Crippen LogP contribution is 2.28. The molecule has 2 rings (SSSR count). The van der Waals surface area contributed by atoms with Crippen molar-refractivity contribution in [2.75, 3.05) is 0 Å². The maximum atomic E-state index is 11.4. The first kappa shape index (κ1) is 14.6. The topological polar surface area (TPSA) is 37.3 Å². The Balaban J connectivity index is 2.16. The van der Waals surface area contributed by atoms with Crippen molar-refractivity contribution in [3.8, 4) is 0 Å². The molecule has 1 N–H and O–H groups in total. The Kier molecular flexibility index (Phi) is 5.02. The van der Waals surface area contributed by atoms with Crippen LogP contribution in [0.2, 0.25) is 5.02 Å². The SMILES string of the molecule is O=C(O)C(Cc1ccccc1Cl)Cc1sccc1Br. The van der Waals surface area contributed by atoms with E-state index in [0.717, 1.165) is 14.9 Å². The molecule has 0 spiro atoms. The number of rotatable bonds is 5. The third kappa shape index (κ3) is 3.81. The van der Waals surface area contributed by atoms with E-state index in [1.54, 1.807) is 17.4 Å². The van der Waals surface area contributed by atoms with E-state index in [2.05, 4.69) is 15.9 Å². The highest BCUT2D eigenvalue weighted by Gasteiger charge is 2.21. The van der Waals surface area contributed by atoms with Crippen LogP contribution in [0.5, 0.6) is 0 Å². The van der Waals surface area contributed by atoms with Crippen LogP contribution < -0.4 is 0 Å². The van der Waals surface area contributed by atoms with Gasteiger partial charge in [-0.05, 0) is 51.8 Å². The number of aliphatic carboxylic acids is 1. The minimum absolute atomic E-state index is 0.444. The van der Waals surface area contributed by atoms with Gasteiger partial charge in [-0.15, -0.1) is 11.3 Å². The molecule has 1 heterocycles. The fraction of sp³-hybridized carbons (Fsp3) is 0.214. The van der Waals surface area contributed by atoms with Gasteiger partial charge in [-0.1, -0.05) is 29.8 Å².